The number of hydrogen-bond donors (Lipinski definition) is 0. The van der Waals surface area contributed by atoms with E-state index in [0.29, 0.717) is 5.92 Å². The Labute approximate surface area is 107 Å². The molecule has 1 aromatic carbocycles. The number of aryl methyl sites for hydroxylation is 1. The summed E-state index contributed by atoms with van der Waals surface area (Å²) in [5.74, 6) is 0.674. The Morgan fingerprint density at radius 2 is 2.06 bits per heavy atom. The van der Waals surface area contributed by atoms with Gasteiger partial charge >= 0.3 is 0 Å². The van der Waals surface area contributed by atoms with Crippen LogP contribution in [0.15, 0.2) is 24.3 Å². The molecule has 0 N–H and O–H groups in total. The lowest BCUT2D eigenvalue weighted by atomic mass is 9.95. The lowest BCUT2D eigenvalue weighted by Crippen LogP contribution is -2.10. The van der Waals surface area contributed by atoms with Crippen LogP contribution in [0.4, 0.5) is 0 Å². The molecule has 0 aromatic heterocycles. The van der Waals surface area contributed by atoms with E-state index in [1.54, 1.807) is 0 Å². The van der Waals surface area contributed by atoms with Crippen LogP contribution in [-0.2, 0) is 11.2 Å². The van der Waals surface area contributed by atoms with Crippen LogP contribution in [0.5, 0.6) is 0 Å². The Hall–Kier alpha value is -0.340. The van der Waals surface area contributed by atoms with Gasteiger partial charge in [-0.2, -0.15) is 0 Å². The number of benzene rings is 1. The van der Waals surface area contributed by atoms with Crippen LogP contribution in [0.1, 0.15) is 24.5 Å². The third-order valence-electron chi connectivity index (χ3n) is 2.86. The molecule has 0 aliphatic heterocycles. The molecule has 0 aliphatic carbocycles. The van der Waals surface area contributed by atoms with Gasteiger partial charge in [-0.15, -0.1) is 0 Å². The van der Waals surface area contributed by atoms with Crippen LogP contribution in [0.2, 0.25) is 0 Å². The summed E-state index contributed by atoms with van der Waals surface area (Å²) in [5.41, 5.74) is 2.85. The zero-order valence-electron chi connectivity index (χ0n) is 10.2. The molecule has 1 aromatic rings. The quantitative estimate of drug-likeness (QED) is 0.544. The third-order valence-corrected chi connectivity index (χ3v) is 3.78. The summed E-state index contributed by atoms with van der Waals surface area (Å²) in [6, 6.07) is 8.63. The van der Waals surface area contributed by atoms with E-state index in [4.69, 9.17) is 4.74 Å². The first kappa shape index (κ1) is 13.7. The Morgan fingerprint density at radius 1 is 1.31 bits per heavy atom. The fourth-order valence-corrected chi connectivity index (χ4v) is 2.33. The molecule has 0 aliphatic rings. The first-order valence-corrected chi connectivity index (χ1v) is 7.08. The van der Waals surface area contributed by atoms with Crippen molar-refractivity contribution in [3.05, 3.63) is 35.4 Å². The fourth-order valence-electron chi connectivity index (χ4n) is 1.78. The Kier molecular flexibility index (Phi) is 6.74. The Morgan fingerprint density at radius 3 is 2.69 bits per heavy atom. The van der Waals surface area contributed by atoms with E-state index in [0.717, 1.165) is 31.4 Å². The van der Waals surface area contributed by atoms with Gasteiger partial charge in [0.05, 0.1) is 0 Å². The first-order chi connectivity index (χ1) is 7.77. The van der Waals surface area contributed by atoms with Crippen molar-refractivity contribution in [3.63, 3.8) is 0 Å². The molecule has 0 saturated heterocycles. The minimum atomic E-state index is 0.674. The van der Waals surface area contributed by atoms with Crippen molar-refractivity contribution in [2.24, 2.45) is 5.92 Å². The van der Waals surface area contributed by atoms with Crippen molar-refractivity contribution < 1.29 is 4.74 Å². The van der Waals surface area contributed by atoms with Crippen LogP contribution in [0.3, 0.4) is 0 Å². The van der Waals surface area contributed by atoms with Gasteiger partial charge in [-0.3, -0.25) is 0 Å². The van der Waals surface area contributed by atoms with Crippen LogP contribution >= 0.6 is 15.9 Å². The van der Waals surface area contributed by atoms with Gasteiger partial charge < -0.3 is 4.74 Å². The molecule has 0 radical (unpaired) electrons. The highest BCUT2D eigenvalue weighted by Gasteiger charge is 2.09. The highest BCUT2D eigenvalue weighted by atomic mass is 79.9. The average Bonchev–Trinajstić information content (AvgIpc) is 2.30. The van der Waals surface area contributed by atoms with Crippen molar-refractivity contribution >= 4 is 15.9 Å². The molecule has 0 fully saturated rings. The normalized spacial score (nSPS) is 12.7. The molecule has 0 saturated carbocycles. The monoisotopic (exact) mass is 284 g/mol. The second-order valence-corrected chi connectivity index (χ2v) is 4.78. The topological polar surface area (TPSA) is 9.23 Å². The summed E-state index contributed by atoms with van der Waals surface area (Å²) in [4.78, 5) is 0. The molecule has 0 spiro atoms. The van der Waals surface area contributed by atoms with E-state index in [9.17, 15) is 0 Å². The molecule has 2 heteroatoms. The third kappa shape index (κ3) is 4.67. The summed E-state index contributed by atoms with van der Waals surface area (Å²) in [6.07, 6.45) is 2.28. The van der Waals surface area contributed by atoms with Crippen LogP contribution < -0.4 is 0 Å². The molecular weight excluding hydrogens is 264 g/mol. The van der Waals surface area contributed by atoms with Gasteiger partial charge in [-0.25, -0.2) is 0 Å². The van der Waals surface area contributed by atoms with Crippen molar-refractivity contribution in [2.45, 2.75) is 26.7 Å². The maximum atomic E-state index is 5.41. The highest BCUT2D eigenvalue weighted by molar-refractivity contribution is 9.09. The van der Waals surface area contributed by atoms with Gasteiger partial charge in [-0.05, 0) is 43.7 Å². The summed E-state index contributed by atoms with van der Waals surface area (Å²) < 4.78 is 5.41. The van der Waals surface area contributed by atoms with Crippen LogP contribution in [0.25, 0.3) is 0 Å². The maximum absolute atomic E-state index is 5.41. The van der Waals surface area contributed by atoms with Gasteiger partial charge in [0.2, 0.25) is 0 Å². The zero-order valence-corrected chi connectivity index (χ0v) is 11.8. The van der Waals surface area contributed by atoms with E-state index in [2.05, 4.69) is 47.1 Å². The molecule has 0 heterocycles. The van der Waals surface area contributed by atoms with Crippen LogP contribution in [0, 0.1) is 12.8 Å². The van der Waals surface area contributed by atoms with Crippen molar-refractivity contribution in [3.8, 4) is 0 Å². The number of halogens is 1. The Balaban J connectivity index is 2.46. The van der Waals surface area contributed by atoms with Gasteiger partial charge in [0.25, 0.3) is 0 Å². The molecule has 16 heavy (non-hydrogen) atoms. The molecular formula is C14H21BrO. The predicted molar refractivity (Wildman–Crippen MR) is 73.3 cm³/mol. The lowest BCUT2D eigenvalue weighted by Gasteiger charge is -2.15. The van der Waals surface area contributed by atoms with E-state index in [1.807, 2.05) is 6.92 Å². The minimum Gasteiger partial charge on any atom is -0.382 e. The van der Waals surface area contributed by atoms with E-state index in [1.165, 1.54) is 11.1 Å². The number of rotatable bonds is 7. The summed E-state index contributed by atoms with van der Waals surface area (Å²) in [6.45, 7) is 5.92. The van der Waals surface area contributed by atoms with Gasteiger partial charge in [0.1, 0.15) is 0 Å². The van der Waals surface area contributed by atoms with Crippen molar-refractivity contribution in [1.82, 2.24) is 0 Å². The summed E-state index contributed by atoms with van der Waals surface area (Å²) >= 11 is 3.59. The second-order valence-electron chi connectivity index (χ2n) is 4.14. The molecule has 1 unspecified atom stereocenters. The van der Waals surface area contributed by atoms with Gasteiger partial charge in [0, 0.05) is 18.5 Å². The predicted octanol–water partition coefficient (Wildman–Crippen LogP) is 3.98. The van der Waals surface area contributed by atoms with Crippen molar-refractivity contribution in [2.75, 3.05) is 18.5 Å². The minimum absolute atomic E-state index is 0.674. The molecule has 1 atom stereocenters. The number of alkyl halides is 1. The number of hydrogen-bond acceptors (Lipinski definition) is 1. The van der Waals surface area contributed by atoms with E-state index >= 15 is 0 Å². The molecule has 0 bridgehead atoms. The van der Waals surface area contributed by atoms with E-state index in [-0.39, 0.29) is 0 Å². The highest BCUT2D eigenvalue weighted by Crippen LogP contribution is 2.17. The number of ether oxygens (including phenoxy) is 1. The summed E-state index contributed by atoms with van der Waals surface area (Å²) in [7, 11) is 0. The summed E-state index contributed by atoms with van der Waals surface area (Å²) in [5, 5.41) is 1.05. The second kappa shape index (κ2) is 7.86. The standard InChI is InChI=1S/C14H21BrO/c1-3-16-9-8-13(11-15)10-14-7-5-4-6-12(14)2/h4-7,13H,3,8-11H2,1-2H3. The zero-order chi connectivity index (χ0) is 11.8. The van der Waals surface area contributed by atoms with E-state index < -0.39 is 0 Å². The molecule has 1 rings (SSSR count). The average molecular weight is 285 g/mol. The maximum Gasteiger partial charge on any atom is 0.0468 e. The SMILES string of the molecule is CCOCCC(CBr)Cc1ccccc1C. The molecule has 1 nitrogen and oxygen atoms in total. The van der Waals surface area contributed by atoms with Gasteiger partial charge in [0.15, 0.2) is 0 Å². The molecule has 90 valence electrons. The fraction of sp³-hybridized carbons (Fsp3) is 0.571. The van der Waals surface area contributed by atoms with Gasteiger partial charge in [-0.1, -0.05) is 40.2 Å². The molecule has 0 amide bonds. The largest absolute Gasteiger partial charge is 0.382 e. The Bertz CT molecular complexity index is 299. The first-order valence-electron chi connectivity index (χ1n) is 5.96. The van der Waals surface area contributed by atoms with Crippen molar-refractivity contribution in [1.29, 1.82) is 0 Å². The smallest absolute Gasteiger partial charge is 0.0468 e. The van der Waals surface area contributed by atoms with Crippen LogP contribution in [-0.4, -0.2) is 18.5 Å². The lowest BCUT2D eigenvalue weighted by molar-refractivity contribution is 0.134.